The van der Waals surface area contributed by atoms with Crippen molar-refractivity contribution in [3.8, 4) is 17.7 Å². The monoisotopic (exact) mass is 303 g/mol. The zero-order chi connectivity index (χ0) is 13.1. The van der Waals surface area contributed by atoms with Gasteiger partial charge in [-0.3, -0.25) is 0 Å². The number of halogens is 1. The summed E-state index contributed by atoms with van der Waals surface area (Å²) in [7, 11) is 0. The van der Waals surface area contributed by atoms with Crippen molar-refractivity contribution in [3.63, 3.8) is 0 Å². The van der Waals surface area contributed by atoms with Crippen molar-refractivity contribution in [1.82, 2.24) is 9.97 Å². The predicted octanol–water partition coefficient (Wildman–Crippen LogP) is 3.52. The summed E-state index contributed by atoms with van der Waals surface area (Å²) in [4.78, 5) is 7.91. The number of nitrogens with zero attached hydrogens (tertiary/aromatic N) is 3. The highest BCUT2D eigenvalue weighted by Crippen LogP contribution is 2.29. The van der Waals surface area contributed by atoms with E-state index >= 15 is 0 Å². The van der Waals surface area contributed by atoms with Crippen LogP contribution >= 0.6 is 15.9 Å². The maximum Gasteiger partial charge on any atom is 0.256 e. The topological polar surface area (TPSA) is 58.8 Å². The molecule has 1 heterocycles. The highest BCUT2D eigenvalue weighted by atomic mass is 79.9. The summed E-state index contributed by atoms with van der Waals surface area (Å²) < 4.78 is 6.65. The maximum atomic E-state index is 8.91. The Hall–Kier alpha value is -1.93. The number of nitriles is 1. The predicted molar refractivity (Wildman–Crippen MR) is 70.4 cm³/mol. The van der Waals surface area contributed by atoms with E-state index in [0.717, 1.165) is 15.6 Å². The second-order valence-electron chi connectivity index (χ2n) is 3.80. The minimum Gasteiger partial charge on any atom is -0.436 e. The molecule has 0 aliphatic heterocycles. The van der Waals surface area contributed by atoms with Gasteiger partial charge < -0.3 is 4.74 Å². The molecule has 0 bridgehead atoms. The van der Waals surface area contributed by atoms with E-state index in [1.165, 1.54) is 12.4 Å². The fourth-order valence-electron chi connectivity index (χ4n) is 1.55. The number of rotatable bonds is 2. The van der Waals surface area contributed by atoms with Crippen molar-refractivity contribution >= 4 is 15.9 Å². The molecule has 90 valence electrons. The zero-order valence-electron chi connectivity index (χ0n) is 9.94. The van der Waals surface area contributed by atoms with Crippen LogP contribution in [0, 0.1) is 25.2 Å². The van der Waals surface area contributed by atoms with Gasteiger partial charge in [0.2, 0.25) is 5.69 Å². The summed E-state index contributed by atoms with van der Waals surface area (Å²) in [5.74, 6) is 0.867. The van der Waals surface area contributed by atoms with E-state index in [0.29, 0.717) is 5.75 Å². The van der Waals surface area contributed by atoms with Crippen LogP contribution in [0.4, 0.5) is 0 Å². The van der Waals surface area contributed by atoms with Gasteiger partial charge in [-0.1, -0.05) is 15.9 Å². The number of hydrogen-bond acceptors (Lipinski definition) is 4. The van der Waals surface area contributed by atoms with Crippen LogP contribution in [0.3, 0.4) is 0 Å². The Morgan fingerprint density at radius 3 is 2.39 bits per heavy atom. The molecule has 18 heavy (non-hydrogen) atoms. The fourth-order valence-corrected chi connectivity index (χ4v) is 1.78. The Balaban J connectivity index is 2.38. The second-order valence-corrected chi connectivity index (χ2v) is 4.59. The standard InChI is InChI=1S/C13H10BrN3O/c1-8-5-10(6-9(2)12(8)14)18-13-11(7-15)16-3-4-17-13/h3-6H,1-2H3. The second kappa shape index (κ2) is 5.15. The van der Waals surface area contributed by atoms with Gasteiger partial charge in [0, 0.05) is 16.9 Å². The molecule has 0 spiro atoms. The van der Waals surface area contributed by atoms with Gasteiger partial charge in [-0.25, -0.2) is 9.97 Å². The molecule has 0 amide bonds. The maximum absolute atomic E-state index is 8.91. The third kappa shape index (κ3) is 2.49. The third-order valence-electron chi connectivity index (χ3n) is 2.40. The number of benzene rings is 1. The van der Waals surface area contributed by atoms with E-state index in [-0.39, 0.29) is 11.6 Å². The Labute approximate surface area is 113 Å². The van der Waals surface area contributed by atoms with E-state index in [1.54, 1.807) is 0 Å². The highest BCUT2D eigenvalue weighted by molar-refractivity contribution is 9.10. The van der Waals surface area contributed by atoms with Gasteiger partial charge in [0.1, 0.15) is 11.8 Å². The zero-order valence-corrected chi connectivity index (χ0v) is 11.5. The van der Waals surface area contributed by atoms with E-state index in [2.05, 4.69) is 25.9 Å². The quantitative estimate of drug-likeness (QED) is 0.851. The van der Waals surface area contributed by atoms with Crippen LogP contribution in [0.1, 0.15) is 16.8 Å². The molecule has 0 saturated carbocycles. The smallest absolute Gasteiger partial charge is 0.256 e. The van der Waals surface area contributed by atoms with Crippen LogP contribution in [-0.2, 0) is 0 Å². The van der Waals surface area contributed by atoms with Crippen molar-refractivity contribution in [2.24, 2.45) is 0 Å². The molecule has 2 rings (SSSR count). The fraction of sp³-hybridized carbons (Fsp3) is 0.154. The number of aromatic nitrogens is 2. The van der Waals surface area contributed by atoms with Crippen LogP contribution in [0.25, 0.3) is 0 Å². The molecule has 0 N–H and O–H groups in total. The van der Waals surface area contributed by atoms with Crippen LogP contribution in [-0.4, -0.2) is 9.97 Å². The summed E-state index contributed by atoms with van der Waals surface area (Å²) in [6.07, 6.45) is 2.96. The largest absolute Gasteiger partial charge is 0.436 e. The van der Waals surface area contributed by atoms with Gasteiger partial charge in [-0.2, -0.15) is 5.26 Å². The van der Waals surface area contributed by atoms with Crippen molar-refractivity contribution in [2.75, 3.05) is 0 Å². The van der Waals surface area contributed by atoms with E-state index in [1.807, 2.05) is 32.0 Å². The van der Waals surface area contributed by atoms with Gasteiger partial charge >= 0.3 is 0 Å². The van der Waals surface area contributed by atoms with E-state index in [4.69, 9.17) is 10.00 Å². The summed E-state index contributed by atoms with van der Waals surface area (Å²) in [6.45, 7) is 3.96. The molecule has 0 fully saturated rings. The molecule has 2 aromatic rings. The number of aryl methyl sites for hydroxylation is 2. The lowest BCUT2D eigenvalue weighted by Crippen LogP contribution is -1.95. The molecule has 0 aliphatic carbocycles. The molecule has 0 unspecified atom stereocenters. The first-order chi connectivity index (χ1) is 8.61. The molecule has 0 atom stereocenters. The van der Waals surface area contributed by atoms with Crippen molar-refractivity contribution < 1.29 is 4.74 Å². The first-order valence-corrected chi connectivity index (χ1v) is 6.07. The van der Waals surface area contributed by atoms with Crippen molar-refractivity contribution in [1.29, 1.82) is 5.26 Å². The number of ether oxygens (including phenoxy) is 1. The van der Waals surface area contributed by atoms with Crippen LogP contribution in [0.15, 0.2) is 29.0 Å². The SMILES string of the molecule is Cc1cc(Oc2nccnc2C#N)cc(C)c1Br. The molecule has 5 heteroatoms. The molecule has 0 aliphatic rings. The Bertz CT molecular complexity index is 611. The molecule has 1 aromatic carbocycles. The molecule has 0 saturated heterocycles. The molecular weight excluding hydrogens is 294 g/mol. The lowest BCUT2D eigenvalue weighted by atomic mass is 10.1. The van der Waals surface area contributed by atoms with Gasteiger partial charge in [0.05, 0.1) is 0 Å². The average Bonchev–Trinajstić information content (AvgIpc) is 2.36. The Morgan fingerprint density at radius 2 is 1.78 bits per heavy atom. The lowest BCUT2D eigenvalue weighted by Gasteiger charge is -2.09. The van der Waals surface area contributed by atoms with Crippen LogP contribution < -0.4 is 4.74 Å². The van der Waals surface area contributed by atoms with Crippen molar-refractivity contribution in [2.45, 2.75) is 13.8 Å². The number of hydrogen-bond donors (Lipinski definition) is 0. The lowest BCUT2D eigenvalue weighted by molar-refractivity contribution is 0.457. The van der Waals surface area contributed by atoms with Crippen LogP contribution in [0.5, 0.6) is 11.6 Å². The van der Waals surface area contributed by atoms with Gasteiger partial charge in [-0.05, 0) is 37.1 Å². The molecule has 0 radical (unpaired) electrons. The first-order valence-electron chi connectivity index (χ1n) is 5.27. The summed E-state index contributed by atoms with van der Waals surface area (Å²) >= 11 is 3.49. The summed E-state index contributed by atoms with van der Waals surface area (Å²) in [6, 6.07) is 5.71. The minimum atomic E-state index is 0.177. The third-order valence-corrected chi connectivity index (χ3v) is 3.65. The minimum absolute atomic E-state index is 0.177. The average molecular weight is 304 g/mol. The summed E-state index contributed by atoms with van der Waals surface area (Å²) in [5.41, 5.74) is 2.30. The first kappa shape index (κ1) is 12.5. The van der Waals surface area contributed by atoms with Gasteiger partial charge in [0.15, 0.2) is 0 Å². The van der Waals surface area contributed by atoms with Crippen LogP contribution in [0.2, 0.25) is 0 Å². The van der Waals surface area contributed by atoms with Gasteiger partial charge in [-0.15, -0.1) is 0 Å². The molecular formula is C13H10BrN3O. The highest BCUT2D eigenvalue weighted by Gasteiger charge is 2.09. The molecule has 1 aromatic heterocycles. The van der Waals surface area contributed by atoms with E-state index in [9.17, 15) is 0 Å². The van der Waals surface area contributed by atoms with E-state index < -0.39 is 0 Å². The summed E-state index contributed by atoms with van der Waals surface area (Å²) in [5, 5.41) is 8.91. The van der Waals surface area contributed by atoms with Gasteiger partial charge in [0.25, 0.3) is 5.88 Å². The molecule has 4 nitrogen and oxygen atoms in total. The Kier molecular flexibility index (Phi) is 3.58. The normalized spacial score (nSPS) is 9.89. The Morgan fingerprint density at radius 1 is 1.17 bits per heavy atom. The van der Waals surface area contributed by atoms with Crippen molar-refractivity contribution in [3.05, 3.63) is 45.8 Å².